The van der Waals surface area contributed by atoms with Gasteiger partial charge in [-0.25, -0.2) is 0 Å². The van der Waals surface area contributed by atoms with Crippen LogP contribution in [0.2, 0.25) is 0 Å². The average Bonchev–Trinajstić information content (AvgIpc) is 2.02. The fraction of sp³-hybridized carbons (Fsp3) is 0.700. The van der Waals surface area contributed by atoms with E-state index in [1.54, 1.807) is 13.8 Å². The molecule has 70 valence electrons. The summed E-state index contributed by atoms with van der Waals surface area (Å²) in [4.78, 5) is 0. The first kappa shape index (κ1) is 10.1. The number of nitriles is 1. The van der Waals surface area contributed by atoms with Gasteiger partial charge in [0.15, 0.2) is 0 Å². The predicted octanol–water partition coefficient (Wildman–Crippen LogP) is 0.547. The number of ether oxygens (including phenoxy) is 1. The van der Waals surface area contributed by atoms with Gasteiger partial charge in [0, 0.05) is 0 Å². The van der Waals surface area contributed by atoms with Gasteiger partial charge in [-0.15, -0.1) is 6.42 Å². The Balaban J connectivity index is 3.03. The summed E-state index contributed by atoms with van der Waals surface area (Å²) in [7, 11) is 0. The molecule has 1 heterocycles. The van der Waals surface area contributed by atoms with Crippen LogP contribution in [0, 0.1) is 35.0 Å². The highest BCUT2D eigenvalue weighted by Gasteiger charge is 2.57. The summed E-state index contributed by atoms with van der Waals surface area (Å²) in [5.41, 5.74) is -2.28. The van der Waals surface area contributed by atoms with E-state index in [1.807, 2.05) is 0 Å². The molecule has 1 N–H and O–H groups in total. The second-order valence-corrected chi connectivity index (χ2v) is 3.75. The van der Waals surface area contributed by atoms with Crippen molar-refractivity contribution in [2.75, 3.05) is 13.2 Å². The molecule has 0 bridgehead atoms. The van der Waals surface area contributed by atoms with Crippen molar-refractivity contribution in [2.45, 2.75) is 19.4 Å². The van der Waals surface area contributed by atoms with E-state index in [1.165, 1.54) is 0 Å². The van der Waals surface area contributed by atoms with Crippen molar-refractivity contribution in [3.05, 3.63) is 0 Å². The standard InChI is InChI=1S/C10H13NO2/c1-4-10(12,8(2)3)9(5-11)6-13-7-9/h1,8,12H,6-7H2,2-3H3/t10-/m0/s1. The van der Waals surface area contributed by atoms with E-state index in [0.717, 1.165) is 0 Å². The van der Waals surface area contributed by atoms with Crippen molar-refractivity contribution in [3.63, 3.8) is 0 Å². The Morgan fingerprint density at radius 1 is 1.62 bits per heavy atom. The first-order valence-corrected chi connectivity index (χ1v) is 4.21. The minimum absolute atomic E-state index is 0.152. The molecule has 1 atom stereocenters. The Bertz CT molecular complexity index is 280. The van der Waals surface area contributed by atoms with Gasteiger partial charge in [-0.2, -0.15) is 5.26 Å². The molecule has 3 nitrogen and oxygen atoms in total. The van der Waals surface area contributed by atoms with Crippen molar-refractivity contribution in [1.29, 1.82) is 5.26 Å². The highest BCUT2D eigenvalue weighted by molar-refractivity contribution is 5.27. The molecule has 0 radical (unpaired) electrons. The van der Waals surface area contributed by atoms with Gasteiger partial charge >= 0.3 is 0 Å². The lowest BCUT2D eigenvalue weighted by Crippen LogP contribution is -2.61. The van der Waals surface area contributed by atoms with E-state index in [4.69, 9.17) is 16.4 Å². The van der Waals surface area contributed by atoms with E-state index >= 15 is 0 Å². The van der Waals surface area contributed by atoms with E-state index in [9.17, 15) is 5.11 Å². The monoisotopic (exact) mass is 179 g/mol. The first-order valence-electron chi connectivity index (χ1n) is 4.21. The molecular formula is C10H13NO2. The molecule has 0 aliphatic carbocycles. The van der Waals surface area contributed by atoms with Crippen LogP contribution in [0.1, 0.15) is 13.8 Å². The van der Waals surface area contributed by atoms with Crippen LogP contribution in [0.4, 0.5) is 0 Å². The second kappa shape index (κ2) is 3.03. The fourth-order valence-corrected chi connectivity index (χ4v) is 1.53. The lowest BCUT2D eigenvalue weighted by atomic mass is 9.66. The summed E-state index contributed by atoms with van der Waals surface area (Å²) in [6.45, 7) is 4.05. The predicted molar refractivity (Wildman–Crippen MR) is 47.5 cm³/mol. The summed E-state index contributed by atoms with van der Waals surface area (Å²) >= 11 is 0. The van der Waals surface area contributed by atoms with Crippen LogP contribution in [0.25, 0.3) is 0 Å². The van der Waals surface area contributed by atoms with Gasteiger partial charge in [-0.3, -0.25) is 0 Å². The average molecular weight is 179 g/mol. The third-order valence-electron chi connectivity index (χ3n) is 2.70. The molecule has 3 heteroatoms. The molecular weight excluding hydrogens is 166 g/mol. The number of hydrogen-bond donors (Lipinski definition) is 1. The first-order chi connectivity index (χ1) is 6.02. The van der Waals surface area contributed by atoms with Crippen molar-refractivity contribution >= 4 is 0 Å². The molecule has 0 amide bonds. The van der Waals surface area contributed by atoms with Crippen LogP contribution in [0.15, 0.2) is 0 Å². The van der Waals surface area contributed by atoms with Gasteiger partial charge in [-0.1, -0.05) is 19.8 Å². The zero-order chi connectivity index (χ0) is 10.1. The van der Waals surface area contributed by atoms with Gasteiger partial charge in [0.25, 0.3) is 0 Å². The van der Waals surface area contributed by atoms with Crippen molar-refractivity contribution < 1.29 is 9.84 Å². The molecule has 0 spiro atoms. The third kappa shape index (κ3) is 1.13. The molecule has 0 aromatic heterocycles. The van der Waals surface area contributed by atoms with Crippen molar-refractivity contribution in [1.82, 2.24) is 0 Å². The highest BCUT2D eigenvalue weighted by atomic mass is 16.5. The van der Waals surface area contributed by atoms with Crippen LogP contribution in [-0.2, 0) is 4.74 Å². The lowest BCUT2D eigenvalue weighted by molar-refractivity contribution is -0.180. The molecule has 1 fully saturated rings. The summed E-state index contributed by atoms with van der Waals surface area (Å²) < 4.78 is 4.95. The summed E-state index contributed by atoms with van der Waals surface area (Å²) in [6, 6.07) is 2.07. The van der Waals surface area contributed by atoms with Crippen LogP contribution in [0.3, 0.4) is 0 Å². The molecule has 1 aliphatic heterocycles. The molecule has 0 aromatic carbocycles. The second-order valence-electron chi connectivity index (χ2n) is 3.75. The minimum atomic E-state index is -1.37. The molecule has 0 saturated carbocycles. The van der Waals surface area contributed by atoms with E-state index < -0.39 is 11.0 Å². The van der Waals surface area contributed by atoms with Crippen molar-refractivity contribution in [2.24, 2.45) is 11.3 Å². The Morgan fingerprint density at radius 2 is 2.15 bits per heavy atom. The fourth-order valence-electron chi connectivity index (χ4n) is 1.53. The SMILES string of the molecule is C#C[C@](O)(C(C)C)C1(C#N)COC1. The summed E-state index contributed by atoms with van der Waals surface area (Å²) in [5.74, 6) is 2.17. The number of hydrogen-bond acceptors (Lipinski definition) is 3. The Morgan fingerprint density at radius 3 is 2.23 bits per heavy atom. The van der Waals surface area contributed by atoms with Crippen LogP contribution in [0.5, 0.6) is 0 Å². The largest absolute Gasteiger partial charge is 0.378 e. The van der Waals surface area contributed by atoms with Crippen LogP contribution < -0.4 is 0 Å². The molecule has 0 unspecified atom stereocenters. The Kier molecular flexibility index (Phi) is 2.34. The molecule has 1 aliphatic rings. The number of aliphatic hydroxyl groups is 1. The maximum atomic E-state index is 10.1. The lowest BCUT2D eigenvalue weighted by Gasteiger charge is -2.46. The smallest absolute Gasteiger partial charge is 0.150 e. The van der Waals surface area contributed by atoms with Gasteiger partial charge in [0.2, 0.25) is 0 Å². The topological polar surface area (TPSA) is 53.2 Å². The van der Waals surface area contributed by atoms with E-state index in [-0.39, 0.29) is 19.1 Å². The van der Waals surface area contributed by atoms with Crippen LogP contribution in [-0.4, -0.2) is 23.9 Å². The van der Waals surface area contributed by atoms with Gasteiger partial charge in [0.1, 0.15) is 11.0 Å². The Hall–Kier alpha value is -1.03. The number of rotatable bonds is 2. The quantitative estimate of drug-likeness (QED) is 0.630. The normalized spacial score (nSPS) is 23.8. The molecule has 1 rings (SSSR count). The zero-order valence-corrected chi connectivity index (χ0v) is 7.87. The number of nitrogens with zero attached hydrogens (tertiary/aromatic N) is 1. The molecule has 13 heavy (non-hydrogen) atoms. The Labute approximate surface area is 78.3 Å². The minimum Gasteiger partial charge on any atom is -0.378 e. The molecule has 1 saturated heterocycles. The molecule has 0 aromatic rings. The highest BCUT2D eigenvalue weighted by Crippen LogP contribution is 2.42. The number of terminal acetylenes is 1. The third-order valence-corrected chi connectivity index (χ3v) is 2.70. The van der Waals surface area contributed by atoms with Gasteiger partial charge in [0.05, 0.1) is 19.3 Å². The van der Waals surface area contributed by atoms with Gasteiger partial charge < -0.3 is 9.84 Å². The maximum absolute atomic E-state index is 10.1. The summed E-state index contributed by atoms with van der Waals surface area (Å²) in [5, 5.41) is 19.1. The van der Waals surface area contributed by atoms with Crippen LogP contribution >= 0.6 is 0 Å². The maximum Gasteiger partial charge on any atom is 0.150 e. The van der Waals surface area contributed by atoms with E-state index in [2.05, 4.69) is 12.0 Å². The van der Waals surface area contributed by atoms with Gasteiger partial charge in [-0.05, 0) is 5.92 Å². The van der Waals surface area contributed by atoms with Crippen molar-refractivity contribution in [3.8, 4) is 18.4 Å². The zero-order valence-electron chi connectivity index (χ0n) is 7.87. The van der Waals surface area contributed by atoms with E-state index in [0.29, 0.717) is 0 Å². The summed E-state index contributed by atoms with van der Waals surface area (Å²) in [6.07, 6.45) is 5.27.